The van der Waals surface area contributed by atoms with E-state index in [4.69, 9.17) is 4.74 Å². The predicted molar refractivity (Wildman–Crippen MR) is 98.7 cm³/mol. The van der Waals surface area contributed by atoms with Crippen molar-refractivity contribution in [2.45, 2.75) is 38.2 Å². The van der Waals surface area contributed by atoms with Crippen molar-refractivity contribution in [2.24, 2.45) is 0 Å². The van der Waals surface area contributed by atoms with Crippen LogP contribution in [0.3, 0.4) is 0 Å². The van der Waals surface area contributed by atoms with Gasteiger partial charge in [-0.3, -0.25) is 4.98 Å². The Morgan fingerprint density at radius 2 is 2.00 bits per heavy atom. The molecule has 1 heterocycles. The van der Waals surface area contributed by atoms with Gasteiger partial charge >= 0.3 is 12.1 Å². The number of amides is 1. The van der Waals surface area contributed by atoms with Gasteiger partial charge in [-0.2, -0.15) is 11.8 Å². The zero-order chi connectivity index (χ0) is 18.4. The minimum absolute atomic E-state index is 0.234. The number of carbonyl (C=O) groups excluding carboxylic acids is 1. The Morgan fingerprint density at radius 1 is 1.28 bits per heavy atom. The van der Waals surface area contributed by atoms with Gasteiger partial charge in [-0.05, 0) is 32.4 Å². The molecule has 0 radical (unpaired) electrons. The number of pyridine rings is 1. The van der Waals surface area contributed by atoms with E-state index in [1.165, 1.54) is 11.8 Å². The van der Waals surface area contributed by atoms with Crippen molar-refractivity contribution in [3.63, 3.8) is 0 Å². The van der Waals surface area contributed by atoms with Crippen molar-refractivity contribution in [1.82, 2.24) is 10.3 Å². The summed E-state index contributed by atoms with van der Waals surface area (Å²) in [7, 11) is 0. The predicted octanol–water partition coefficient (Wildman–Crippen LogP) is 3.45. The van der Waals surface area contributed by atoms with Gasteiger partial charge < -0.3 is 15.2 Å². The van der Waals surface area contributed by atoms with Crippen molar-refractivity contribution in [1.29, 1.82) is 0 Å². The first-order chi connectivity index (χ1) is 11.8. The molecule has 6 nitrogen and oxygen atoms in total. The van der Waals surface area contributed by atoms with Gasteiger partial charge in [0.15, 0.2) is 0 Å². The van der Waals surface area contributed by atoms with Crippen molar-refractivity contribution in [3.05, 3.63) is 42.1 Å². The monoisotopic (exact) mass is 362 g/mol. The molecule has 1 aromatic heterocycles. The van der Waals surface area contributed by atoms with E-state index in [9.17, 15) is 14.7 Å². The number of alkyl carbamates (subject to hydrolysis) is 1. The zero-order valence-corrected chi connectivity index (χ0v) is 15.3. The number of hydrogen-bond acceptors (Lipinski definition) is 5. The lowest BCUT2D eigenvalue weighted by molar-refractivity contribution is -0.138. The maximum absolute atomic E-state index is 11.8. The summed E-state index contributed by atoms with van der Waals surface area (Å²) >= 11 is 1.43. The molecule has 0 fully saturated rings. The second kappa shape index (κ2) is 8.20. The maximum Gasteiger partial charge on any atom is 0.408 e. The average molecular weight is 362 g/mol. The van der Waals surface area contributed by atoms with Gasteiger partial charge in [-0.1, -0.05) is 24.3 Å². The number of thioether (sulfide) groups is 1. The number of aromatic nitrogens is 1. The van der Waals surface area contributed by atoms with Gasteiger partial charge in [0.2, 0.25) is 0 Å². The van der Waals surface area contributed by atoms with Crippen LogP contribution in [0.5, 0.6) is 0 Å². The number of hydrogen-bond donors (Lipinski definition) is 2. The highest BCUT2D eigenvalue weighted by Crippen LogP contribution is 2.21. The molecule has 7 heteroatoms. The average Bonchev–Trinajstić information content (AvgIpc) is 2.52. The molecule has 1 atom stereocenters. The Balaban J connectivity index is 1.95. The Bertz CT molecular complexity index is 753. The van der Waals surface area contributed by atoms with Crippen molar-refractivity contribution < 1.29 is 19.4 Å². The molecule has 2 N–H and O–H groups in total. The smallest absolute Gasteiger partial charge is 0.408 e. The van der Waals surface area contributed by atoms with Gasteiger partial charge in [0.25, 0.3) is 0 Å². The molecular weight excluding hydrogens is 340 g/mol. The molecule has 25 heavy (non-hydrogen) atoms. The summed E-state index contributed by atoms with van der Waals surface area (Å²) in [5, 5.41) is 12.7. The summed E-state index contributed by atoms with van der Waals surface area (Å²) in [4.78, 5) is 27.5. The fourth-order valence-electron chi connectivity index (χ4n) is 2.20. The number of carbonyl (C=O) groups is 2. The van der Waals surface area contributed by atoms with E-state index in [-0.39, 0.29) is 5.75 Å². The molecule has 0 saturated carbocycles. The van der Waals surface area contributed by atoms with Gasteiger partial charge in [-0.15, -0.1) is 0 Å². The number of benzene rings is 1. The molecule has 2 rings (SSSR count). The summed E-state index contributed by atoms with van der Waals surface area (Å²) in [5.41, 5.74) is 1.27. The first-order valence-electron chi connectivity index (χ1n) is 7.89. The van der Waals surface area contributed by atoms with Crippen LogP contribution in [0.4, 0.5) is 4.79 Å². The van der Waals surface area contributed by atoms with Crippen molar-refractivity contribution in [3.8, 4) is 0 Å². The Labute approximate surface area is 151 Å². The van der Waals surface area contributed by atoms with E-state index in [1.807, 2.05) is 30.3 Å². The lowest BCUT2D eigenvalue weighted by atomic mass is 10.1. The minimum Gasteiger partial charge on any atom is -0.480 e. The zero-order valence-electron chi connectivity index (χ0n) is 14.5. The number of para-hydroxylation sites is 1. The van der Waals surface area contributed by atoms with Crippen LogP contribution in [0.15, 0.2) is 36.5 Å². The molecule has 1 amide bonds. The summed E-state index contributed by atoms with van der Waals surface area (Å²) < 4.78 is 5.11. The molecule has 0 aliphatic rings. The van der Waals surface area contributed by atoms with Crippen LogP contribution in [0.25, 0.3) is 10.9 Å². The molecule has 1 aromatic carbocycles. The summed E-state index contributed by atoms with van der Waals surface area (Å²) in [6.45, 7) is 5.18. The molecule has 0 aliphatic carbocycles. The summed E-state index contributed by atoms with van der Waals surface area (Å²) in [5.74, 6) is -0.249. The third-order valence-electron chi connectivity index (χ3n) is 3.25. The standard InChI is InChI=1S/C18H22N2O4S/c1-18(2,3)24-17(23)20-14(16(21)22)11-25-10-13-7-4-6-12-8-5-9-19-15(12)13/h4-9,14H,10-11H2,1-3H3,(H,20,23)(H,21,22). The molecule has 0 bridgehead atoms. The van der Waals surface area contributed by atoms with Gasteiger partial charge in [0, 0.05) is 23.1 Å². The van der Waals surface area contributed by atoms with Gasteiger partial charge in [0.05, 0.1) is 5.52 Å². The molecule has 134 valence electrons. The first-order valence-corrected chi connectivity index (χ1v) is 9.04. The molecular formula is C18H22N2O4S. The Morgan fingerprint density at radius 3 is 2.68 bits per heavy atom. The van der Waals surface area contributed by atoms with Crippen LogP contribution in [-0.2, 0) is 15.3 Å². The lowest BCUT2D eigenvalue weighted by Gasteiger charge is -2.21. The van der Waals surface area contributed by atoms with Crippen LogP contribution < -0.4 is 5.32 Å². The van der Waals surface area contributed by atoms with Gasteiger partial charge in [-0.25, -0.2) is 9.59 Å². The molecule has 0 aliphatic heterocycles. The second-order valence-electron chi connectivity index (χ2n) is 6.54. The molecule has 0 spiro atoms. The number of rotatable bonds is 6. The molecule has 2 aromatic rings. The van der Waals surface area contributed by atoms with Crippen molar-refractivity contribution >= 4 is 34.7 Å². The molecule has 1 unspecified atom stereocenters. The second-order valence-corrected chi connectivity index (χ2v) is 7.57. The number of carboxylic acid groups (broad SMARTS) is 1. The van der Waals surface area contributed by atoms with E-state index in [1.54, 1.807) is 27.0 Å². The topological polar surface area (TPSA) is 88.5 Å². The fourth-order valence-corrected chi connectivity index (χ4v) is 3.23. The normalized spacial score (nSPS) is 12.6. The highest BCUT2D eigenvalue weighted by Gasteiger charge is 2.23. The fraction of sp³-hybridized carbons (Fsp3) is 0.389. The number of carboxylic acids is 1. The maximum atomic E-state index is 11.8. The van der Waals surface area contributed by atoms with E-state index < -0.39 is 23.7 Å². The number of aliphatic carboxylic acids is 1. The number of ether oxygens (including phenoxy) is 1. The minimum atomic E-state index is -1.09. The third-order valence-corrected chi connectivity index (χ3v) is 4.33. The van der Waals surface area contributed by atoms with E-state index >= 15 is 0 Å². The number of fused-ring (bicyclic) bond motifs is 1. The highest BCUT2D eigenvalue weighted by molar-refractivity contribution is 7.98. The van der Waals surface area contributed by atoms with Gasteiger partial charge in [0.1, 0.15) is 11.6 Å². The van der Waals surface area contributed by atoms with E-state index in [2.05, 4.69) is 10.3 Å². The summed E-state index contributed by atoms with van der Waals surface area (Å²) in [6, 6.07) is 8.77. The quantitative estimate of drug-likeness (QED) is 0.818. The lowest BCUT2D eigenvalue weighted by Crippen LogP contribution is -2.44. The van der Waals surface area contributed by atoms with Crippen LogP contribution in [-0.4, -0.2) is 39.5 Å². The number of nitrogens with one attached hydrogen (secondary N) is 1. The highest BCUT2D eigenvalue weighted by atomic mass is 32.2. The Hall–Kier alpha value is -2.28. The van der Waals surface area contributed by atoms with Crippen LogP contribution >= 0.6 is 11.8 Å². The van der Waals surface area contributed by atoms with Crippen LogP contribution in [0.1, 0.15) is 26.3 Å². The summed E-state index contributed by atoms with van der Waals surface area (Å²) in [6.07, 6.45) is 1.01. The third kappa shape index (κ3) is 5.94. The largest absolute Gasteiger partial charge is 0.480 e. The van der Waals surface area contributed by atoms with E-state index in [0.717, 1.165) is 16.5 Å². The number of nitrogens with zero attached hydrogens (tertiary/aromatic N) is 1. The van der Waals surface area contributed by atoms with Crippen molar-refractivity contribution in [2.75, 3.05) is 5.75 Å². The van der Waals surface area contributed by atoms with E-state index in [0.29, 0.717) is 5.75 Å². The van der Waals surface area contributed by atoms with Crippen LogP contribution in [0, 0.1) is 0 Å². The molecule has 0 saturated heterocycles. The van der Waals surface area contributed by atoms with Crippen LogP contribution in [0.2, 0.25) is 0 Å². The first kappa shape index (κ1) is 19.1. The SMILES string of the molecule is CC(C)(C)OC(=O)NC(CSCc1cccc2cccnc12)C(=O)O. The Kier molecular flexibility index (Phi) is 6.25.